The lowest BCUT2D eigenvalue weighted by molar-refractivity contribution is -0.0646. The fraction of sp³-hybridized carbons (Fsp3) is 0.520. The van der Waals surface area contributed by atoms with E-state index in [2.05, 4.69) is 21.9 Å². The lowest BCUT2D eigenvalue weighted by atomic mass is 10.1. The molecule has 0 aromatic heterocycles. The Morgan fingerprint density at radius 2 is 1.59 bits per heavy atom. The lowest BCUT2D eigenvalue weighted by Crippen LogP contribution is -2.48. The van der Waals surface area contributed by atoms with Crippen molar-refractivity contribution < 1.29 is 23.7 Å². The number of aliphatic hydroxyl groups is 1. The molecular weight excluding hydrogens is 411 g/mol. The molecule has 2 saturated heterocycles. The van der Waals surface area contributed by atoms with Crippen LogP contribution >= 0.6 is 0 Å². The number of ether oxygens (including phenoxy) is 3. The van der Waals surface area contributed by atoms with Gasteiger partial charge in [-0.1, -0.05) is 12.1 Å². The van der Waals surface area contributed by atoms with Gasteiger partial charge in [0.15, 0.2) is 0 Å². The minimum Gasteiger partial charge on any atom is -0.492 e. The van der Waals surface area contributed by atoms with Crippen LogP contribution in [0.25, 0.3) is 0 Å². The predicted molar refractivity (Wildman–Crippen MR) is 121 cm³/mol. The van der Waals surface area contributed by atoms with Gasteiger partial charge in [0.1, 0.15) is 36.1 Å². The largest absolute Gasteiger partial charge is 0.492 e. The number of halogens is 1. The first-order valence-corrected chi connectivity index (χ1v) is 11.4. The van der Waals surface area contributed by atoms with E-state index in [0.29, 0.717) is 32.1 Å². The summed E-state index contributed by atoms with van der Waals surface area (Å²) in [6.45, 7) is 6.76. The second-order valence-electron chi connectivity index (χ2n) is 8.77. The monoisotopic (exact) mass is 444 g/mol. The quantitative estimate of drug-likeness (QED) is 0.642. The van der Waals surface area contributed by atoms with Gasteiger partial charge in [-0.15, -0.1) is 0 Å². The van der Waals surface area contributed by atoms with Crippen molar-refractivity contribution in [2.75, 3.05) is 59.2 Å². The molecule has 0 spiro atoms. The van der Waals surface area contributed by atoms with Gasteiger partial charge in [0.25, 0.3) is 0 Å². The predicted octanol–water partition coefficient (Wildman–Crippen LogP) is 2.94. The third-order valence-corrected chi connectivity index (χ3v) is 5.97. The van der Waals surface area contributed by atoms with Gasteiger partial charge in [0, 0.05) is 26.2 Å². The maximum atomic E-state index is 13.1. The highest BCUT2D eigenvalue weighted by Gasteiger charge is 2.33. The Labute approximate surface area is 189 Å². The molecule has 0 radical (unpaired) electrons. The van der Waals surface area contributed by atoms with Gasteiger partial charge < -0.3 is 19.3 Å². The second kappa shape index (κ2) is 11.1. The maximum absolute atomic E-state index is 13.1. The standard InChI is InChI=1S/C25H33FN2O4/c26-22-5-9-24(10-6-22)32-20-25(29)18-28(13-15-30-19-25)17-21-3-7-23(8-4-21)31-16-14-27-11-1-2-12-27/h3-10,29H,1-2,11-20H2/t25-/m0/s1. The van der Waals surface area contributed by atoms with Crippen LogP contribution in [0.15, 0.2) is 48.5 Å². The van der Waals surface area contributed by atoms with Crippen LogP contribution in [0.4, 0.5) is 4.39 Å². The first-order valence-electron chi connectivity index (χ1n) is 11.4. The van der Waals surface area contributed by atoms with Crippen LogP contribution < -0.4 is 9.47 Å². The van der Waals surface area contributed by atoms with E-state index in [1.807, 2.05) is 12.1 Å². The maximum Gasteiger partial charge on any atom is 0.134 e. The van der Waals surface area contributed by atoms with Crippen molar-refractivity contribution in [2.24, 2.45) is 0 Å². The van der Waals surface area contributed by atoms with Crippen molar-refractivity contribution >= 4 is 0 Å². The topological polar surface area (TPSA) is 54.4 Å². The van der Waals surface area contributed by atoms with E-state index in [1.165, 1.54) is 38.1 Å². The summed E-state index contributed by atoms with van der Waals surface area (Å²) in [4.78, 5) is 4.61. The van der Waals surface area contributed by atoms with Gasteiger partial charge in [0.2, 0.25) is 0 Å². The molecule has 32 heavy (non-hydrogen) atoms. The molecule has 174 valence electrons. The third kappa shape index (κ3) is 6.90. The van der Waals surface area contributed by atoms with Crippen LogP contribution in [0.3, 0.4) is 0 Å². The number of rotatable bonds is 9. The molecule has 1 atom stereocenters. The summed E-state index contributed by atoms with van der Waals surface area (Å²) in [5.74, 6) is 1.09. The number of hydrogen-bond acceptors (Lipinski definition) is 6. The fourth-order valence-corrected chi connectivity index (χ4v) is 4.22. The molecule has 0 aliphatic carbocycles. The van der Waals surface area contributed by atoms with E-state index in [1.54, 1.807) is 12.1 Å². The summed E-state index contributed by atoms with van der Waals surface area (Å²) in [7, 11) is 0. The Morgan fingerprint density at radius 3 is 2.34 bits per heavy atom. The molecule has 2 fully saturated rings. The van der Waals surface area contributed by atoms with Crippen molar-refractivity contribution in [3.8, 4) is 11.5 Å². The van der Waals surface area contributed by atoms with Gasteiger partial charge in [-0.25, -0.2) is 4.39 Å². The molecule has 7 heteroatoms. The molecule has 0 bridgehead atoms. The summed E-state index contributed by atoms with van der Waals surface area (Å²) in [6, 6.07) is 14.0. The number of hydrogen-bond donors (Lipinski definition) is 1. The molecule has 2 aromatic carbocycles. The van der Waals surface area contributed by atoms with Gasteiger partial charge in [-0.05, 0) is 67.9 Å². The molecule has 1 N–H and O–H groups in total. The summed E-state index contributed by atoms with van der Waals surface area (Å²) >= 11 is 0. The Morgan fingerprint density at radius 1 is 0.906 bits per heavy atom. The van der Waals surface area contributed by atoms with E-state index in [0.717, 1.165) is 24.4 Å². The van der Waals surface area contributed by atoms with E-state index in [4.69, 9.17) is 14.2 Å². The van der Waals surface area contributed by atoms with Crippen molar-refractivity contribution in [1.29, 1.82) is 0 Å². The number of benzene rings is 2. The van der Waals surface area contributed by atoms with Gasteiger partial charge in [-0.3, -0.25) is 9.80 Å². The molecule has 2 heterocycles. The zero-order valence-electron chi connectivity index (χ0n) is 18.5. The van der Waals surface area contributed by atoms with Crippen LogP contribution in [-0.2, 0) is 11.3 Å². The number of nitrogens with zero attached hydrogens (tertiary/aromatic N) is 2. The average Bonchev–Trinajstić information content (AvgIpc) is 3.24. The molecule has 2 aliphatic heterocycles. The molecule has 6 nitrogen and oxygen atoms in total. The van der Waals surface area contributed by atoms with Crippen LogP contribution in [0.5, 0.6) is 11.5 Å². The fourth-order valence-electron chi connectivity index (χ4n) is 4.22. The third-order valence-electron chi connectivity index (χ3n) is 5.97. The van der Waals surface area contributed by atoms with Gasteiger partial charge in [0.05, 0.1) is 13.2 Å². The second-order valence-corrected chi connectivity index (χ2v) is 8.77. The zero-order chi connectivity index (χ0) is 22.2. The molecule has 2 aromatic rings. The first-order chi connectivity index (χ1) is 15.6. The molecule has 0 unspecified atom stereocenters. The van der Waals surface area contributed by atoms with Crippen LogP contribution in [-0.4, -0.2) is 79.7 Å². The van der Waals surface area contributed by atoms with E-state index in [9.17, 15) is 9.50 Å². The molecule has 4 rings (SSSR count). The summed E-state index contributed by atoms with van der Waals surface area (Å²) in [5, 5.41) is 11.1. The van der Waals surface area contributed by atoms with Crippen LogP contribution in [0.2, 0.25) is 0 Å². The lowest BCUT2D eigenvalue weighted by Gasteiger charge is -2.30. The highest BCUT2D eigenvalue weighted by molar-refractivity contribution is 5.27. The first kappa shape index (κ1) is 23.0. The average molecular weight is 445 g/mol. The minimum atomic E-state index is -1.14. The number of likely N-dealkylation sites (tertiary alicyclic amines) is 1. The van der Waals surface area contributed by atoms with Crippen molar-refractivity contribution in [3.05, 3.63) is 59.9 Å². The molecule has 0 saturated carbocycles. The summed E-state index contributed by atoms with van der Waals surface area (Å²) in [6.07, 6.45) is 2.59. The SMILES string of the molecule is O[C@]1(COc2ccc(F)cc2)COCCN(Cc2ccc(OCCN3CCCC3)cc2)C1. The van der Waals surface area contributed by atoms with E-state index in [-0.39, 0.29) is 19.0 Å². The summed E-state index contributed by atoms with van der Waals surface area (Å²) in [5.41, 5.74) is 0.0179. The molecule has 0 amide bonds. The highest BCUT2D eigenvalue weighted by Crippen LogP contribution is 2.20. The number of β-amino-alcohol motifs (C(OH)–C–C–N with tert-alkyl or cyclic N) is 1. The summed E-state index contributed by atoms with van der Waals surface area (Å²) < 4.78 is 30.3. The minimum absolute atomic E-state index is 0.0823. The van der Waals surface area contributed by atoms with Gasteiger partial charge >= 0.3 is 0 Å². The van der Waals surface area contributed by atoms with Gasteiger partial charge in [-0.2, -0.15) is 0 Å². The van der Waals surface area contributed by atoms with Crippen LogP contribution in [0, 0.1) is 5.82 Å². The highest BCUT2D eigenvalue weighted by atomic mass is 19.1. The Balaban J connectivity index is 1.26. The van der Waals surface area contributed by atoms with E-state index >= 15 is 0 Å². The van der Waals surface area contributed by atoms with Crippen molar-refractivity contribution in [2.45, 2.75) is 25.0 Å². The molecular formula is C25H33FN2O4. The zero-order valence-corrected chi connectivity index (χ0v) is 18.5. The smallest absolute Gasteiger partial charge is 0.134 e. The van der Waals surface area contributed by atoms with E-state index < -0.39 is 5.60 Å². The van der Waals surface area contributed by atoms with Crippen molar-refractivity contribution in [1.82, 2.24) is 9.80 Å². The van der Waals surface area contributed by atoms with Crippen molar-refractivity contribution in [3.63, 3.8) is 0 Å². The Hall–Kier alpha value is -2.19. The Bertz CT molecular complexity index is 827. The molecule has 2 aliphatic rings. The normalized spacial score (nSPS) is 22.6. The Kier molecular flexibility index (Phi) is 7.97. The van der Waals surface area contributed by atoms with Crippen LogP contribution in [0.1, 0.15) is 18.4 Å².